The minimum atomic E-state index is -0.368. The minimum Gasteiger partial charge on any atom is -0.490 e. The van der Waals surface area contributed by atoms with Crippen molar-refractivity contribution in [3.63, 3.8) is 0 Å². The molecule has 1 atom stereocenters. The van der Waals surface area contributed by atoms with Gasteiger partial charge in [-0.15, -0.1) is 0 Å². The second kappa shape index (κ2) is 5.49. The van der Waals surface area contributed by atoms with Gasteiger partial charge in [0.25, 0.3) is 0 Å². The van der Waals surface area contributed by atoms with Gasteiger partial charge in [0.05, 0.1) is 11.8 Å². The van der Waals surface area contributed by atoms with Crippen LogP contribution < -0.4 is 4.74 Å². The fraction of sp³-hybridized carbons (Fsp3) is 0.417. The summed E-state index contributed by atoms with van der Waals surface area (Å²) in [6.07, 6.45) is 0.817. The first-order chi connectivity index (χ1) is 7.58. The molecular formula is C12H16FNO2. The zero-order valence-corrected chi connectivity index (χ0v) is 9.70. The number of ether oxygens (including phenoxy) is 1. The van der Waals surface area contributed by atoms with Gasteiger partial charge in [-0.25, -0.2) is 4.39 Å². The fourth-order valence-corrected chi connectivity index (χ4v) is 1.25. The van der Waals surface area contributed by atoms with Gasteiger partial charge in [0.15, 0.2) is 0 Å². The van der Waals surface area contributed by atoms with Gasteiger partial charge < -0.3 is 9.94 Å². The Hall–Kier alpha value is -1.58. The second-order valence-electron chi connectivity index (χ2n) is 3.66. The van der Waals surface area contributed by atoms with Crippen molar-refractivity contribution in [3.05, 3.63) is 29.6 Å². The van der Waals surface area contributed by atoms with Crippen LogP contribution in [-0.2, 0) is 0 Å². The van der Waals surface area contributed by atoms with Crippen LogP contribution in [0.1, 0.15) is 32.8 Å². The van der Waals surface area contributed by atoms with E-state index < -0.39 is 0 Å². The highest BCUT2D eigenvalue weighted by atomic mass is 19.1. The van der Waals surface area contributed by atoms with Crippen molar-refractivity contribution in [1.82, 2.24) is 0 Å². The summed E-state index contributed by atoms with van der Waals surface area (Å²) in [5, 5.41) is 11.8. The smallest absolute Gasteiger partial charge is 0.131 e. The maximum Gasteiger partial charge on any atom is 0.131 e. The van der Waals surface area contributed by atoms with Crippen LogP contribution in [0.25, 0.3) is 0 Å². The molecule has 1 rings (SSSR count). The van der Waals surface area contributed by atoms with Crippen LogP contribution in [0, 0.1) is 5.82 Å². The van der Waals surface area contributed by atoms with Gasteiger partial charge in [-0.1, -0.05) is 12.1 Å². The van der Waals surface area contributed by atoms with E-state index in [0.717, 1.165) is 6.42 Å². The zero-order chi connectivity index (χ0) is 12.1. The molecule has 0 bridgehead atoms. The van der Waals surface area contributed by atoms with E-state index in [-0.39, 0.29) is 11.9 Å². The maximum absolute atomic E-state index is 13.1. The lowest BCUT2D eigenvalue weighted by Crippen LogP contribution is -2.12. The molecule has 1 N–H and O–H groups in total. The van der Waals surface area contributed by atoms with Gasteiger partial charge >= 0.3 is 0 Å². The minimum absolute atomic E-state index is 0.00737. The average Bonchev–Trinajstić information content (AvgIpc) is 2.28. The molecule has 0 saturated heterocycles. The van der Waals surface area contributed by atoms with Crippen LogP contribution in [-0.4, -0.2) is 17.0 Å². The van der Waals surface area contributed by atoms with Crippen molar-refractivity contribution >= 4 is 5.71 Å². The summed E-state index contributed by atoms with van der Waals surface area (Å²) in [7, 11) is 0. The summed E-state index contributed by atoms with van der Waals surface area (Å²) < 4.78 is 18.7. The van der Waals surface area contributed by atoms with E-state index in [1.807, 2.05) is 13.8 Å². The van der Waals surface area contributed by atoms with Crippen molar-refractivity contribution in [1.29, 1.82) is 0 Å². The molecule has 0 aliphatic carbocycles. The third kappa shape index (κ3) is 2.95. The molecule has 1 aromatic carbocycles. The molecule has 16 heavy (non-hydrogen) atoms. The predicted octanol–water partition coefficient (Wildman–Crippen LogP) is 3.20. The molecule has 0 aliphatic rings. The van der Waals surface area contributed by atoms with E-state index in [2.05, 4.69) is 5.16 Å². The van der Waals surface area contributed by atoms with Crippen LogP contribution >= 0.6 is 0 Å². The first kappa shape index (κ1) is 12.5. The molecule has 88 valence electrons. The van der Waals surface area contributed by atoms with Crippen molar-refractivity contribution in [2.75, 3.05) is 0 Å². The Labute approximate surface area is 94.5 Å². The van der Waals surface area contributed by atoms with E-state index in [1.165, 1.54) is 12.1 Å². The van der Waals surface area contributed by atoms with Gasteiger partial charge in [0.2, 0.25) is 0 Å². The van der Waals surface area contributed by atoms with Gasteiger partial charge in [-0.3, -0.25) is 0 Å². The number of hydrogen-bond donors (Lipinski definition) is 1. The Bertz CT molecular complexity index is 391. The predicted molar refractivity (Wildman–Crippen MR) is 60.8 cm³/mol. The fourth-order valence-electron chi connectivity index (χ4n) is 1.25. The molecule has 0 saturated carbocycles. The highest BCUT2D eigenvalue weighted by Gasteiger charge is 2.11. The SMILES string of the molecule is CCC(C)Oc1cc(F)ccc1/C(C)=N/O. The Morgan fingerprint density at radius 1 is 1.56 bits per heavy atom. The summed E-state index contributed by atoms with van der Waals surface area (Å²) in [5.74, 6) is 0.0393. The molecule has 4 heteroatoms. The standard InChI is InChI=1S/C12H16FNO2/c1-4-8(2)16-12-7-10(13)5-6-11(12)9(3)14-15/h5-8,15H,4H2,1-3H3/b14-9+. The van der Waals surface area contributed by atoms with E-state index in [4.69, 9.17) is 9.94 Å². The molecule has 0 heterocycles. The van der Waals surface area contributed by atoms with E-state index in [9.17, 15) is 4.39 Å². The number of rotatable bonds is 4. The third-order valence-electron chi connectivity index (χ3n) is 2.39. The van der Waals surface area contributed by atoms with E-state index in [1.54, 1.807) is 13.0 Å². The molecule has 3 nitrogen and oxygen atoms in total. The second-order valence-corrected chi connectivity index (χ2v) is 3.66. The van der Waals surface area contributed by atoms with Gasteiger partial charge in [0, 0.05) is 11.6 Å². The monoisotopic (exact) mass is 225 g/mol. The summed E-state index contributed by atoms with van der Waals surface area (Å²) >= 11 is 0. The Kier molecular flexibility index (Phi) is 4.28. The molecular weight excluding hydrogens is 209 g/mol. The molecule has 0 spiro atoms. The van der Waals surface area contributed by atoms with Crippen molar-refractivity contribution < 1.29 is 14.3 Å². The number of nitrogens with zero attached hydrogens (tertiary/aromatic N) is 1. The number of halogens is 1. The lowest BCUT2D eigenvalue weighted by atomic mass is 10.1. The molecule has 0 amide bonds. The summed E-state index contributed by atoms with van der Waals surface area (Å²) in [6.45, 7) is 5.52. The molecule has 1 aromatic rings. The number of benzene rings is 1. The first-order valence-corrected chi connectivity index (χ1v) is 5.23. The van der Waals surface area contributed by atoms with Gasteiger partial charge in [0.1, 0.15) is 11.6 Å². The largest absolute Gasteiger partial charge is 0.490 e. The summed E-state index contributed by atoms with van der Waals surface area (Å²) in [6, 6.07) is 4.16. The zero-order valence-electron chi connectivity index (χ0n) is 9.70. The quantitative estimate of drug-likeness (QED) is 0.485. The molecule has 0 radical (unpaired) electrons. The first-order valence-electron chi connectivity index (χ1n) is 5.23. The number of oxime groups is 1. The summed E-state index contributed by atoms with van der Waals surface area (Å²) in [5.41, 5.74) is 1.00. The van der Waals surface area contributed by atoms with Crippen LogP contribution in [0.15, 0.2) is 23.4 Å². The highest BCUT2D eigenvalue weighted by molar-refractivity contribution is 6.00. The van der Waals surface area contributed by atoms with Gasteiger partial charge in [-0.05, 0) is 32.4 Å². The van der Waals surface area contributed by atoms with Gasteiger partial charge in [-0.2, -0.15) is 0 Å². The van der Waals surface area contributed by atoms with E-state index in [0.29, 0.717) is 17.0 Å². The van der Waals surface area contributed by atoms with Crippen LogP contribution in [0.3, 0.4) is 0 Å². The topological polar surface area (TPSA) is 41.8 Å². The average molecular weight is 225 g/mol. The lowest BCUT2D eigenvalue weighted by molar-refractivity contribution is 0.216. The third-order valence-corrected chi connectivity index (χ3v) is 2.39. The van der Waals surface area contributed by atoms with Crippen LogP contribution in [0.2, 0.25) is 0 Å². The molecule has 0 fully saturated rings. The van der Waals surface area contributed by atoms with Crippen LogP contribution in [0.5, 0.6) is 5.75 Å². The Morgan fingerprint density at radius 2 is 2.25 bits per heavy atom. The van der Waals surface area contributed by atoms with Crippen molar-refractivity contribution in [2.24, 2.45) is 5.16 Å². The van der Waals surface area contributed by atoms with Crippen molar-refractivity contribution in [2.45, 2.75) is 33.3 Å². The lowest BCUT2D eigenvalue weighted by Gasteiger charge is -2.15. The van der Waals surface area contributed by atoms with Crippen molar-refractivity contribution in [3.8, 4) is 5.75 Å². The van der Waals surface area contributed by atoms with Crippen LogP contribution in [0.4, 0.5) is 4.39 Å². The molecule has 0 aromatic heterocycles. The summed E-state index contributed by atoms with van der Waals surface area (Å²) in [4.78, 5) is 0. The Morgan fingerprint density at radius 3 is 2.81 bits per heavy atom. The number of hydrogen-bond acceptors (Lipinski definition) is 3. The molecule has 0 aliphatic heterocycles. The highest BCUT2D eigenvalue weighted by Crippen LogP contribution is 2.22. The normalized spacial score (nSPS) is 13.6. The Balaban J connectivity index is 3.08. The molecule has 1 unspecified atom stereocenters. The van der Waals surface area contributed by atoms with E-state index >= 15 is 0 Å². The maximum atomic E-state index is 13.1.